The molecule has 1 aromatic carbocycles. The summed E-state index contributed by atoms with van der Waals surface area (Å²) in [7, 11) is 0. The molecule has 0 saturated carbocycles. The van der Waals surface area contributed by atoms with Crippen LogP contribution in [0.5, 0.6) is 0 Å². The lowest BCUT2D eigenvalue weighted by Crippen LogP contribution is -2.20. The molecule has 7 heteroatoms. The third-order valence-corrected chi connectivity index (χ3v) is 0.985. The first-order valence-corrected chi connectivity index (χ1v) is 4.23. The second kappa shape index (κ2) is 13.2. The van der Waals surface area contributed by atoms with E-state index in [0.717, 1.165) is 11.9 Å². The van der Waals surface area contributed by atoms with Gasteiger partial charge in [-0.15, -0.1) is 0 Å². The summed E-state index contributed by atoms with van der Waals surface area (Å²) in [6, 6.07) is 9.44. The van der Waals surface area contributed by atoms with Crippen LogP contribution >= 0.6 is 11.6 Å². The number of nitrogens with two attached hydrogens (primary N) is 2. The first-order valence-electron chi connectivity index (χ1n) is 3.85. The quantitative estimate of drug-likeness (QED) is 0.390. The maximum absolute atomic E-state index is 9.00. The molecule has 1 rings (SSSR count). The van der Waals surface area contributed by atoms with Gasteiger partial charge in [0.05, 0.1) is 0 Å². The highest BCUT2D eigenvalue weighted by Gasteiger charge is 1.74. The van der Waals surface area contributed by atoms with Crippen LogP contribution in [0.1, 0.15) is 6.92 Å². The fourth-order valence-electron chi connectivity index (χ4n) is 0.415. The minimum Gasteiger partial charge on any atom is -0.481 e. The molecule has 0 fully saturated rings. The number of hydrogen-bond acceptors (Lipinski definition) is 2. The molecule has 0 aliphatic carbocycles. The maximum atomic E-state index is 9.00. The summed E-state index contributed by atoms with van der Waals surface area (Å²) in [6.07, 6.45) is 0. The predicted molar refractivity (Wildman–Crippen MR) is 64.5 cm³/mol. The molecule has 0 unspecified atom stereocenters. The molecule has 0 saturated heterocycles. The van der Waals surface area contributed by atoms with E-state index in [9.17, 15) is 0 Å². The number of aliphatic carboxylic acids is 1. The lowest BCUT2D eigenvalue weighted by molar-refractivity contribution is -0.134. The topological polar surface area (TPSA) is 145 Å². The van der Waals surface area contributed by atoms with Gasteiger partial charge in [-0.25, -0.2) is 0 Å². The molecule has 0 aromatic heterocycles. The van der Waals surface area contributed by atoms with Crippen LogP contribution < -0.4 is 11.5 Å². The van der Waals surface area contributed by atoms with E-state index in [-0.39, 0.29) is 11.4 Å². The number of benzene rings is 1. The molecule has 0 heterocycles. The van der Waals surface area contributed by atoms with Crippen LogP contribution in [0, 0.1) is 5.41 Å². The van der Waals surface area contributed by atoms with E-state index in [1.165, 1.54) is 0 Å². The van der Waals surface area contributed by atoms with Crippen molar-refractivity contribution in [3.8, 4) is 0 Å². The zero-order valence-corrected chi connectivity index (χ0v) is 9.53. The maximum Gasteiger partial charge on any atom is 0.300 e. The van der Waals surface area contributed by atoms with Gasteiger partial charge in [-0.2, -0.15) is 0 Å². The summed E-state index contributed by atoms with van der Waals surface area (Å²) < 4.78 is 0. The van der Waals surface area contributed by atoms with Crippen LogP contribution in [0.3, 0.4) is 0 Å². The number of hydrogen-bond donors (Lipinski definition) is 4. The number of rotatable bonds is 0. The molecule has 16 heavy (non-hydrogen) atoms. The average Bonchev–Trinajstić information content (AvgIpc) is 2.03. The minimum absolute atomic E-state index is 0. The monoisotopic (exact) mass is 249 g/mol. The SMILES string of the molecule is CC(=O)O.Clc1ccccc1.N=C(N)N.O. The first-order chi connectivity index (χ1) is 6.86. The van der Waals surface area contributed by atoms with Gasteiger partial charge >= 0.3 is 0 Å². The molecule has 0 atom stereocenters. The van der Waals surface area contributed by atoms with Gasteiger partial charge in [-0.3, -0.25) is 10.2 Å². The van der Waals surface area contributed by atoms with Crippen LogP contribution in [-0.4, -0.2) is 22.5 Å². The van der Waals surface area contributed by atoms with E-state index in [1.807, 2.05) is 30.3 Å². The van der Waals surface area contributed by atoms with Crippen molar-refractivity contribution in [3.63, 3.8) is 0 Å². The van der Waals surface area contributed by atoms with Crippen molar-refractivity contribution in [2.75, 3.05) is 0 Å². The molecule has 8 N–H and O–H groups in total. The molecule has 92 valence electrons. The number of halogens is 1. The zero-order chi connectivity index (χ0) is 12.3. The van der Waals surface area contributed by atoms with Crippen molar-refractivity contribution in [1.29, 1.82) is 5.41 Å². The third kappa shape index (κ3) is 39.8. The highest BCUT2D eigenvalue weighted by Crippen LogP contribution is 2.03. The number of carbonyl (C=O) groups is 1. The van der Waals surface area contributed by atoms with Crippen molar-refractivity contribution in [2.24, 2.45) is 11.5 Å². The third-order valence-electron chi connectivity index (χ3n) is 0.733. The lowest BCUT2D eigenvalue weighted by Gasteiger charge is -1.80. The van der Waals surface area contributed by atoms with E-state index >= 15 is 0 Å². The van der Waals surface area contributed by atoms with Crippen molar-refractivity contribution in [2.45, 2.75) is 6.92 Å². The van der Waals surface area contributed by atoms with Crippen LogP contribution in [0.4, 0.5) is 0 Å². The Balaban J connectivity index is -0.000000166. The molecule has 0 aliphatic heterocycles. The molecule has 1 aromatic rings. The second-order valence-electron chi connectivity index (χ2n) is 2.27. The Bertz CT molecular complexity index is 273. The Morgan fingerprint density at radius 3 is 1.69 bits per heavy atom. The summed E-state index contributed by atoms with van der Waals surface area (Å²) in [4.78, 5) is 9.00. The smallest absolute Gasteiger partial charge is 0.300 e. The summed E-state index contributed by atoms with van der Waals surface area (Å²) in [5, 5.41) is 14.3. The highest BCUT2D eigenvalue weighted by molar-refractivity contribution is 6.30. The van der Waals surface area contributed by atoms with Gasteiger partial charge in [0, 0.05) is 11.9 Å². The summed E-state index contributed by atoms with van der Waals surface area (Å²) >= 11 is 5.54. The summed E-state index contributed by atoms with van der Waals surface area (Å²) in [6.45, 7) is 1.08. The fourth-order valence-corrected chi connectivity index (χ4v) is 0.560. The molecular formula is C9H16ClN3O3. The Morgan fingerprint density at radius 2 is 1.56 bits per heavy atom. The van der Waals surface area contributed by atoms with E-state index in [4.69, 9.17) is 26.9 Å². The highest BCUT2D eigenvalue weighted by atomic mass is 35.5. The van der Waals surface area contributed by atoms with Gasteiger partial charge in [0.15, 0.2) is 5.96 Å². The molecular weight excluding hydrogens is 234 g/mol. The van der Waals surface area contributed by atoms with Crippen molar-refractivity contribution in [3.05, 3.63) is 35.4 Å². The number of carboxylic acids is 1. The predicted octanol–water partition coefficient (Wildman–Crippen LogP) is 0.445. The number of guanidine groups is 1. The van der Waals surface area contributed by atoms with E-state index < -0.39 is 5.97 Å². The Labute approximate surface area is 98.6 Å². The molecule has 0 bridgehead atoms. The Hall–Kier alpha value is -1.79. The van der Waals surface area contributed by atoms with Gasteiger partial charge in [-0.05, 0) is 12.1 Å². The van der Waals surface area contributed by atoms with E-state index in [2.05, 4.69) is 11.5 Å². The van der Waals surface area contributed by atoms with Crippen LogP contribution in [0.2, 0.25) is 5.02 Å². The van der Waals surface area contributed by atoms with E-state index in [0.29, 0.717) is 0 Å². The first kappa shape index (κ1) is 19.7. The zero-order valence-electron chi connectivity index (χ0n) is 8.77. The fraction of sp³-hybridized carbons (Fsp3) is 0.111. The van der Waals surface area contributed by atoms with Gasteiger partial charge < -0.3 is 22.1 Å². The molecule has 6 nitrogen and oxygen atoms in total. The van der Waals surface area contributed by atoms with Gasteiger partial charge in [0.1, 0.15) is 0 Å². The average molecular weight is 250 g/mol. The van der Waals surface area contributed by atoms with Gasteiger partial charge in [0.2, 0.25) is 0 Å². The van der Waals surface area contributed by atoms with Crippen molar-refractivity contribution >= 4 is 23.5 Å². The summed E-state index contributed by atoms with van der Waals surface area (Å²) in [5.41, 5.74) is 8.94. The van der Waals surface area contributed by atoms with Gasteiger partial charge in [-0.1, -0.05) is 29.8 Å². The molecule has 0 radical (unpaired) electrons. The lowest BCUT2D eigenvalue weighted by atomic mass is 10.4. The van der Waals surface area contributed by atoms with Crippen molar-refractivity contribution in [1.82, 2.24) is 0 Å². The molecule has 0 aliphatic rings. The number of nitrogens with one attached hydrogen (secondary N) is 1. The minimum atomic E-state index is -0.833. The standard InChI is InChI=1S/C6H5Cl.C2H4O2.CH5N3.H2O/c7-6-4-2-1-3-5-6;1-2(3)4;2-1(3)4;/h1-5H;1H3,(H,3,4);(H5,2,3,4);1H2. The van der Waals surface area contributed by atoms with Crippen LogP contribution in [0.15, 0.2) is 30.3 Å². The van der Waals surface area contributed by atoms with Gasteiger partial charge in [0.25, 0.3) is 5.97 Å². The van der Waals surface area contributed by atoms with Crippen molar-refractivity contribution < 1.29 is 15.4 Å². The normalized spacial score (nSPS) is 6.88. The van der Waals surface area contributed by atoms with Crippen LogP contribution in [-0.2, 0) is 4.79 Å². The second-order valence-corrected chi connectivity index (χ2v) is 2.71. The molecule has 0 amide bonds. The summed E-state index contributed by atoms with van der Waals surface area (Å²) in [5.74, 6) is -1.17. The number of carboxylic acid groups (broad SMARTS) is 1. The Kier molecular flexibility index (Phi) is 16.3. The largest absolute Gasteiger partial charge is 0.481 e. The van der Waals surface area contributed by atoms with Crippen LogP contribution in [0.25, 0.3) is 0 Å². The molecule has 0 spiro atoms. The Morgan fingerprint density at radius 1 is 1.31 bits per heavy atom. The van der Waals surface area contributed by atoms with E-state index in [1.54, 1.807) is 0 Å².